The monoisotopic (exact) mass is 294 g/mol. The van der Waals surface area contributed by atoms with Crippen LogP contribution in [0.5, 0.6) is 11.5 Å². The molecule has 6 nitrogen and oxygen atoms in total. The second-order valence-electron chi connectivity index (χ2n) is 5.08. The molecule has 1 aliphatic rings. The van der Waals surface area contributed by atoms with Crippen LogP contribution in [-0.4, -0.2) is 50.1 Å². The number of nitrogens with one attached hydrogen (secondary N) is 1. The molecule has 0 spiro atoms. The molecule has 1 fully saturated rings. The minimum Gasteiger partial charge on any atom is -0.493 e. The average molecular weight is 294 g/mol. The number of morpholine rings is 1. The van der Waals surface area contributed by atoms with Crippen molar-refractivity contribution < 1.29 is 19.0 Å². The van der Waals surface area contributed by atoms with Gasteiger partial charge in [-0.2, -0.15) is 0 Å². The second-order valence-corrected chi connectivity index (χ2v) is 5.08. The maximum Gasteiger partial charge on any atom is 0.320 e. The van der Waals surface area contributed by atoms with E-state index in [1.807, 2.05) is 32.0 Å². The molecule has 2 atom stereocenters. The maximum atomic E-state index is 12.1. The molecule has 2 amide bonds. The number of hydrogen-bond acceptors (Lipinski definition) is 4. The molecule has 21 heavy (non-hydrogen) atoms. The van der Waals surface area contributed by atoms with Crippen molar-refractivity contribution in [2.75, 3.05) is 26.9 Å². The van der Waals surface area contributed by atoms with E-state index in [2.05, 4.69) is 5.32 Å². The maximum absolute atomic E-state index is 12.1. The molecule has 0 radical (unpaired) electrons. The Morgan fingerprint density at radius 1 is 1.29 bits per heavy atom. The summed E-state index contributed by atoms with van der Waals surface area (Å²) >= 11 is 0. The van der Waals surface area contributed by atoms with E-state index < -0.39 is 0 Å². The zero-order valence-electron chi connectivity index (χ0n) is 12.7. The first-order chi connectivity index (χ1) is 10.1. The highest BCUT2D eigenvalue weighted by Crippen LogP contribution is 2.25. The van der Waals surface area contributed by atoms with Gasteiger partial charge in [-0.15, -0.1) is 0 Å². The molecule has 1 aromatic rings. The van der Waals surface area contributed by atoms with Crippen molar-refractivity contribution >= 4 is 6.03 Å². The Bertz CT molecular complexity index is 470. The number of para-hydroxylation sites is 2. The van der Waals surface area contributed by atoms with Crippen LogP contribution in [0.2, 0.25) is 0 Å². The van der Waals surface area contributed by atoms with Gasteiger partial charge in [0.1, 0.15) is 0 Å². The Morgan fingerprint density at radius 2 is 1.90 bits per heavy atom. The topological polar surface area (TPSA) is 60.0 Å². The minimum absolute atomic E-state index is 0.0506. The number of carbonyl (C=O) groups excluding carboxylic acids is 1. The number of methoxy groups -OCH3 is 1. The molecule has 1 aliphatic heterocycles. The van der Waals surface area contributed by atoms with E-state index in [-0.39, 0.29) is 25.0 Å². The smallest absolute Gasteiger partial charge is 0.320 e. The van der Waals surface area contributed by atoms with E-state index >= 15 is 0 Å². The fourth-order valence-electron chi connectivity index (χ4n) is 2.37. The molecule has 1 aromatic carbocycles. The molecule has 6 heteroatoms. The van der Waals surface area contributed by atoms with Gasteiger partial charge in [-0.05, 0) is 26.0 Å². The van der Waals surface area contributed by atoms with Gasteiger partial charge < -0.3 is 24.4 Å². The lowest BCUT2D eigenvalue weighted by Gasteiger charge is -2.35. The highest BCUT2D eigenvalue weighted by molar-refractivity contribution is 5.74. The summed E-state index contributed by atoms with van der Waals surface area (Å²) < 4.78 is 16.3. The molecule has 0 aliphatic carbocycles. The van der Waals surface area contributed by atoms with Crippen LogP contribution < -0.4 is 14.8 Å². The van der Waals surface area contributed by atoms with E-state index in [1.165, 1.54) is 0 Å². The van der Waals surface area contributed by atoms with Crippen molar-refractivity contribution in [3.8, 4) is 11.5 Å². The van der Waals surface area contributed by atoms with Gasteiger partial charge in [-0.1, -0.05) is 12.1 Å². The molecule has 0 saturated carbocycles. The molecule has 0 bridgehead atoms. The van der Waals surface area contributed by atoms with Crippen LogP contribution in [0.3, 0.4) is 0 Å². The average Bonchev–Trinajstić information content (AvgIpc) is 2.46. The van der Waals surface area contributed by atoms with Gasteiger partial charge in [-0.3, -0.25) is 0 Å². The number of ether oxygens (including phenoxy) is 3. The van der Waals surface area contributed by atoms with Crippen molar-refractivity contribution in [2.45, 2.75) is 26.1 Å². The number of nitrogens with zero attached hydrogens (tertiary/aromatic N) is 1. The largest absolute Gasteiger partial charge is 0.493 e. The summed E-state index contributed by atoms with van der Waals surface area (Å²) in [6.07, 6.45) is 0.101. The van der Waals surface area contributed by atoms with Gasteiger partial charge in [-0.25, -0.2) is 4.79 Å². The molecule has 1 saturated heterocycles. The quantitative estimate of drug-likeness (QED) is 0.861. The second kappa shape index (κ2) is 7.17. The third-order valence-electron chi connectivity index (χ3n) is 3.23. The van der Waals surface area contributed by atoms with Crippen molar-refractivity contribution in [3.05, 3.63) is 24.3 Å². The molecular weight excluding hydrogens is 272 g/mol. The molecule has 0 aromatic heterocycles. The van der Waals surface area contributed by atoms with Crippen LogP contribution in [0.25, 0.3) is 0 Å². The zero-order chi connectivity index (χ0) is 15.2. The number of carbonyl (C=O) groups is 1. The van der Waals surface area contributed by atoms with E-state index in [4.69, 9.17) is 14.2 Å². The lowest BCUT2D eigenvalue weighted by atomic mass is 10.2. The summed E-state index contributed by atoms with van der Waals surface area (Å²) in [5.74, 6) is 1.24. The van der Waals surface area contributed by atoms with Gasteiger partial charge in [0.15, 0.2) is 18.2 Å². The Kier molecular flexibility index (Phi) is 5.27. The lowest BCUT2D eigenvalue weighted by molar-refractivity contribution is -0.0548. The SMILES string of the molecule is COc1ccccc1OCNC(=O)N1CC(C)OC(C)C1. The summed E-state index contributed by atoms with van der Waals surface area (Å²) in [6.45, 7) is 5.19. The van der Waals surface area contributed by atoms with Gasteiger partial charge in [0.25, 0.3) is 0 Å². The molecule has 1 heterocycles. The van der Waals surface area contributed by atoms with E-state index in [0.717, 1.165) is 0 Å². The summed E-state index contributed by atoms with van der Waals surface area (Å²) in [5, 5.41) is 2.75. The van der Waals surface area contributed by atoms with Crippen LogP contribution in [0.4, 0.5) is 4.79 Å². The molecule has 116 valence electrons. The van der Waals surface area contributed by atoms with E-state index in [0.29, 0.717) is 24.6 Å². The fourth-order valence-corrected chi connectivity index (χ4v) is 2.37. The Morgan fingerprint density at radius 3 is 2.52 bits per heavy atom. The first kappa shape index (κ1) is 15.4. The first-order valence-electron chi connectivity index (χ1n) is 7.04. The van der Waals surface area contributed by atoms with Crippen LogP contribution in [0.15, 0.2) is 24.3 Å². The van der Waals surface area contributed by atoms with Crippen molar-refractivity contribution in [1.82, 2.24) is 10.2 Å². The van der Waals surface area contributed by atoms with Gasteiger partial charge in [0.05, 0.1) is 19.3 Å². The number of hydrogen-bond donors (Lipinski definition) is 1. The van der Waals surface area contributed by atoms with Crippen LogP contribution in [0.1, 0.15) is 13.8 Å². The normalized spacial score (nSPS) is 21.8. The number of rotatable bonds is 4. The lowest BCUT2D eigenvalue weighted by Crippen LogP contribution is -2.52. The van der Waals surface area contributed by atoms with E-state index in [9.17, 15) is 4.79 Å². The van der Waals surface area contributed by atoms with Crippen LogP contribution in [0, 0.1) is 0 Å². The summed E-state index contributed by atoms with van der Waals surface area (Å²) in [7, 11) is 1.58. The summed E-state index contributed by atoms with van der Waals surface area (Å²) in [6, 6.07) is 7.17. The third-order valence-corrected chi connectivity index (χ3v) is 3.23. The van der Waals surface area contributed by atoms with Gasteiger partial charge in [0.2, 0.25) is 0 Å². The van der Waals surface area contributed by atoms with Crippen molar-refractivity contribution in [3.63, 3.8) is 0 Å². The zero-order valence-corrected chi connectivity index (χ0v) is 12.7. The number of benzene rings is 1. The molecule has 2 unspecified atom stereocenters. The van der Waals surface area contributed by atoms with Crippen LogP contribution in [-0.2, 0) is 4.74 Å². The summed E-state index contributed by atoms with van der Waals surface area (Å²) in [5.41, 5.74) is 0. The number of amides is 2. The standard InChI is InChI=1S/C15H22N2O4/c1-11-8-17(9-12(2)21-11)15(18)16-10-20-14-7-5-4-6-13(14)19-3/h4-7,11-12H,8-10H2,1-3H3,(H,16,18). The number of urea groups is 1. The Labute approximate surface area is 125 Å². The fraction of sp³-hybridized carbons (Fsp3) is 0.533. The highest BCUT2D eigenvalue weighted by Gasteiger charge is 2.25. The Hall–Kier alpha value is -1.95. The Balaban J connectivity index is 1.81. The molecular formula is C15H22N2O4. The highest BCUT2D eigenvalue weighted by atomic mass is 16.5. The van der Waals surface area contributed by atoms with E-state index in [1.54, 1.807) is 18.1 Å². The molecule has 1 N–H and O–H groups in total. The van der Waals surface area contributed by atoms with Crippen molar-refractivity contribution in [2.24, 2.45) is 0 Å². The predicted molar refractivity (Wildman–Crippen MR) is 78.6 cm³/mol. The van der Waals surface area contributed by atoms with Gasteiger partial charge in [0, 0.05) is 13.1 Å². The minimum atomic E-state index is -0.146. The van der Waals surface area contributed by atoms with Crippen molar-refractivity contribution in [1.29, 1.82) is 0 Å². The predicted octanol–water partition coefficient (Wildman–Crippen LogP) is 1.85. The third kappa shape index (κ3) is 4.26. The molecule has 2 rings (SSSR count). The van der Waals surface area contributed by atoms with Gasteiger partial charge >= 0.3 is 6.03 Å². The summed E-state index contributed by atoms with van der Waals surface area (Å²) in [4.78, 5) is 13.8. The first-order valence-corrected chi connectivity index (χ1v) is 7.04. The van der Waals surface area contributed by atoms with Crippen LogP contribution >= 0.6 is 0 Å².